The minimum absolute atomic E-state index is 0.0629. The summed E-state index contributed by atoms with van der Waals surface area (Å²) in [7, 11) is 0. The Balaban J connectivity index is 2.22. The van der Waals surface area contributed by atoms with E-state index in [0.29, 0.717) is 22.3 Å². The van der Waals surface area contributed by atoms with Gasteiger partial charge >= 0.3 is 5.97 Å². The minimum atomic E-state index is -1.19. The third-order valence-corrected chi connectivity index (χ3v) is 4.11. The van der Waals surface area contributed by atoms with Gasteiger partial charge in [-0.25, -0.2) is 4.79 Å². The average molecular weight is 322 g/mol. The maximum Gasteiger partial charge on any atom is 0.337 e. The molecule has 1 N–H and O–H groups in total. The molecule has 0 spiro atoms. The molecule has 1 aliphatic rings. The number of aromatic carboxylic acids is 1. The van der Waals surface area contributed by atoms with Crippen molar-refractivity contribution >= 4 is 34.0 Å². The first-order chi connectivity index (χ1) is 11.4. The molecule has 0 aliphatic carbocycles. The van der Waals surface area contributed by atoms with Crippen molar-refractivity contribution in [2.75, 3.05) is 0 Å². The largest absolute Gasteiger partial charge is 0.483 e. The Kier molecular flexibility index (Phi) is 2.85. The molecule has 0 saturated carbocycles. The van der Waals surface area contributed by atoms with E-state index in [1.54, 1.807) is 42.5 Å². The lowest BCUT2D eigenvalue weighted by Crippen LogP contribution is -2.28. The van der Waals surface area contributed by atoms with Crippen molar-refractivity contribution in [2.45, 2.75) is 19.4 Å². The molecule has 1 aromatic heterocycles. The van der Waals surface area contributed by atoms with Crippen LogP contribution in [0, 0.1) is 0 Å². The quantitative estimate of drug-likeness (QED) is 0.689. The number of hydrogen-bond acceptors (Lipinski definition) is 4. The SMILES string of the molecule is CC1(C)C=Cc2c(cc3oc4ccccc4c(=O)c3c2C(=O)O)O1. The summed E-state index contributed by atoms with van der Waals surface area (Å²) in [6, 6.07) is 8.38. The third kappa shape index (κ3) is 2.01. The van der Waals surface area contributed by atoms with E-state index in [-0.39, 0.29) is 22.0 Å². The lowest BCUT2D eigenvalue weighted by molar-refractivity contribution is 0.0696. The van der Waals surface area contributed by atoms with Crippen LogP contribution in [0.1, 0.15) is 29.8 Å². The number of hydrogen-bond donors (Lipinski definition) is 1. The second-order valence-corrected chi connectivity index (χ2v) is 6.31. The van der Waals surface area contributed by atoms with Crippen LogP contribution in [0.3, 0.4) is 0 Å². The molecule has 0 atom stereocenters. The molecule has 5 nitrogen and oxygen atoms in total. The Morgan fingerprint density at radius 1 is 1.17 bits per heavy atom. The van der Waals surface area contributed by atoms with Gasteiger partial charge in [-0.3, -0.25) is 4.79 Å². The molecule has 1 aliphatic heterocycles. The van der Waals surface area contributed by atoms with Gasteiger partial charge in [0.1, 0.15) is 22.5 Å². The molecule has 0 unspecified atom stereocenters. The van der Waals surface area contributed by atoms with Gasteiger partial charge in [0.05, 0.1) is 16.3 Å². The van der Waals surface area contributed by atoms with Crippen molar-refractivity contribution in [1.82, 2.24) is 0 Å². The molecular formula is C19H14O5. The molecule has 3 aromatic rings. The summed E-state index contributed by atoms with van der Waals surface area (Å²) in [5, 5.41) is 10.1. The summed E-state index contributed by atoms with van der Waals surface area (Å²) < 4.78 is 11.6. The van der Waals surface area contributed by atoms with Crippen LogP contribution in [0.2, 0.25) is 0 Å². The average Bonchev–Trinajstić information content (AvgIpc) is 2.52. The molecule has 0 amide bonds. The highest BCUT2D eigenvalue weighted by molar-refractivity contribution is 6.08. The first-order valence-corrected chi connectivity index (χ1v) is 7.51. The fraction of sp³-hybridized carbons (Fsp3) is 0.158. The van der Waals surface area contributed by atoms with E-state index in [1.807, 2.05) is 13.8 Å². The number of ether oxygens (including phenoxy) is 1. The zero-order chi connectivity index (χ0) is 17.1. The number of rotatable bonds is 1. The van der Waals surface area contributed by atoms with Gasteiger partial charge in [-0.1, -0.05) is 18.2 Å². The van der Waals surface area contributed by atoms with Crippen molar-refractivity contribution < 1.29 is 19.1 Å². The highest BCUT2D eigenvalue weighted by Gasteiger charge is 2.29. The monoisotopic (exact) mass is 322 g/mol. The molecule has 2 heterocycles. The van der Waals surface area contributed by atoms with Gasteiger partial charge in [0, 0.05) is 11.6 Å². The lowest BCUT2D eigenvalue weighted by atomic mass is 9.95. The molecule has 5 heteroatoms. The molecule has 0 bridgehead atoms. The van der Waals surface area contributed by atoms with Crippen molar-refractivity contribution in [3.63, 3.8) is 0 Å². The fourth-order valence-corrected chi connectivity index (χ4v) is 3.03. The van der Waals surface area contributed by atoms with Crippen molar-refractivity contribution in [1.29, 1.82) is 0 Å². The van der Waals surface area contributed by atoms with Gasteiger partial charge in [0.15, 0.2) is 0 Å². The summed E-state index contributed by atoms with van der Waals surface area (Å²) in [5.74, 6) is -0.793. The molecule has 24 heavy (non-hydrogen) atoms. The van der Waals surface area contributed by atoms with E-state index in [1.165, 1.54) is 0 Å². The molecule has 4 rings (SSSR count). The Hall–Kier alpha value is -3.08. The van der Waals surface area contributed by atoms with E-state index >= 15 is 0 Å². The summed E-state index contributed by atoms with van der Waals surface area (Å²) in [4.78, 5) is 24.7. The van der Waals surface area contributed by atoms with E-state index in [4.69, 9.17) is 9.15 Å². The zero-order valence-electron chi connectivity index (χ0n) is 13.1. The van der Waals surface area contributed by atoms with Crippen molar-refractivity contribution in [2.24, 2.45) is 0 Å². The van der Waals surface area contributed by atoms with Gasteiger partial charge in [-0.05, 0) is 32.1 Å². The first kappa shape index (κ1) is 14.5. The standard InChI is InChI=1S/C19H14O5/c1-19(2)8-7-10-13(24-19)9-14-16(15(10)18(21)22)17(20)11-5-3-4-6-12(11)23-14/h3-9H,1-2H3,(H,21,22). The van der Waals surface area contributed by atoms with Crippen LogP contribution in [0.15, 0.2) is 45.6 Å². The Morgan fingerprint density at radius 2 is 1.92 bits per heavy atom. The predicted octanol–water partition coefficient (Wildman–Crippen LogP) is 3.83. The zero-order valence-corrected chi connectivity index (χ0v) is 13.1. The van der Waals surface area contributed by atoms with Gasteiger partial charge < -0.3 is 14.3 Å². The maximum atomic E-state index is 12.8. The summed E-state index contributed by atoms with van der Waals surface area (Å²) >= 11 is 0. The maximum absolute atomic E-state index is 12.8. The Labute approximate surface area is 136 Å². The topological polar surface area (TPSA) is 76.7 Å². The van der Waals surface area contributed by atoms with Gasteiger partial charge in [0.25, 0.3) is 0 Å². The Morgan fingerprint density at radius 3 is 2.67 bits per heavy atom. The first-order valence-electron chi connectivity index (χ1n) is 7.51. The van der Waals surface area contributed by atoms with Gasteiger partial charge in [0.2, 0.25) is 5.43 Å². The number of carbonyl (C=O) groups is 1. The van der Waals surface area contributed by atoms with Crippen LogP contribution < -0.4 is 10.2 Å². The molecular weight excluding hydrogens is 308 g/mol. The van der Waals surface area contributed by atoms with E-state index in [2.05, 4.69) is 0 Å². The normalized spacial score (nSPS) is 15.2. The number of benzene rings is 2. The molecule has 0 saturated heterocycles. The summed E-state index contributed by atoms with van der Waals surface area (Å²) in [6.07, 6.45) is 3.46. The number of carboxylic acids is 1. The van der Waals surface area contributed by atoms with E-state index < -0.39 is 11.6 Å². The van der Waals surface area contributed by atoms with Crippen LogP contribution in [-0.4, -0.2) is 16.7 Å². The highest BCUT2D eigenvalue weighted by atomic mass is 16.5. The molecule has 0 fully saturated rings. The second-order valence-electron chi connectivity index (χ2n) is 6.31. The minimum Gasteiger partial charge on any atom is -0.483 e. The van der Waals surface area contributed by atoms with E-state index in [9.17, 15) is 14.7 Å². The molecule has 2 aromatic carbocycles. The predicted molar refractivity (Wildman–Crippen MR) is 90.7 cm³/mol. The number of carboxylic acid groups (broad SMARTS) is 1. The van der Waals surface area contributed by atoms with Gasteiger partial charge in [-0.2, -0.15) is 0 Å². The van der Waals surface area contributed by atoms with Gasteiger partial charge in [-0.15, -0.1) is 0 Å². The fourth-order valence-electron chi connectivity index (χ4n) is 3.03. The number of fused-ring (bicyclic) bond motifs is 3. The second kappa shape index (κ2) is 4.71. The van der Waals surface area contributed by atoms with Crippen LogP contribution in [0.4, 0.5) is 0 Å². The lowest BCUT2D eigenvalue weighted by Gasteiger charge is -2.28. The van der Waals surface area contributed by atoms with Crippen molar-refractivity contribution in [3.8, 4) is 5.75 Å². The Bertz CT molecular complexity index is 1100. The highest BCUT2D eigenvalue weighted by Crippen LogP contribution is 2.37. The molecule has 0 radical (unpaired) electrons. The molecule has 120 valence electrons. The van der Waals surface area contributed by atoms with Crippen LogP contribution in [0.5, 0.6) is 5.75 Å². The van der Waals surface area contributed by atoms with Crippen LogP contribution in [-0.2, 0) is 0 Å². The van der Waals surface area contributed by atoms with Crippen LogP contribution >= 0.6 is 0 Å². The summed E-state index contributed by atoms with van der Waals surface area (Å²) in [5.41, 5.74) is 0.00179. The van der Waals surface area contributed by atoms with Crippen LogP contribution in [0.25, 0.3) is 28.0 Å². The smallest absolute Gasteiger partial charge is 0.337 e. The number of para-hydroxylation sites is 1. The van der Waals surface area contributed by atoms with Crippen molar-refractivity contribution in [3.05, 3.63) is 57.8 Å². The summed E-state index contributed by atoms with van der Waals surface area (Å²) in [6.45, 7) is 3.74. The van der Waals surface area contributed by atoms with E-state index in [0.717, 1.165) is 0 Å². The third-order valence-electron chi connectivity index (χ3n) is 4.11.